The molecule has 0 unspecified atom stereocenters. The van der Waals surface area contributed by atoms with Crippen molar-refractivity contribution in [2.24, 2.45) is 20.4 Å². The predicted octanol–water partition coefficient (Wildman–Crippen LogP) is 0.461. The summed E-state index contributed by atoms with van der Waals surface area (Å²) in [7, 11) is 0. The van der Waals surface area contributed by atoms with Crippen LogP contribution in [0.3, 0.4) is 0 Å². The first-order chi connectivity index (χ1) is 18.3. The molecule has 2 aromatic heterocycles. The van der Waals surface area contributed by atoms with Crippen LogP contribution < -0.4 is 21.2 Å². The van der Waals surface area contributed by atoms with E-state index in [2.05, 4.69) is 50.0 Å². The van der Waals surface area contributed by atoms with Gasteiger partial charge >= 0.3 is 22.4 Å². The standard InChI is InChI=1S/2C11H6N6O2.Co/c1-12-9-10(13-2)15-11(14-9)17-16-7-4-3-6(18)5-8(7)19;12-4-8-9(5-13)15-11(14-8)17-16-7-2-1-6(18)3-10(7)19;/h3-5H,(H3,14,15,16,17,18,19);1-3H,(H3,14,15,16,17,18,19);/q;;+2/p-2. The van der Waals surface area contributed by atoms with Crippen molar-refractivity contribution >= 4 is 34.6 Å². The minimum atomic E-state index is -0.354. The summed E-state index contributed by atoms with van der Waals surface area (Å²) in [5.41, 5.74) is -0.00908. The number of aromatic nitrogens is 4. The first-order valence-electron chi connectivity index (χ1n) is 9.86. The zero-order chi connectivity index (χ0) is 27.7. The second kappa shape index (κ2) is 13.2. The maximum absolute atomic E-state index is 10.9. The Hall–Kier alpha value is -6.27. The Morgan fingerprint density at radius 2 is 1.33 bits per heavy atom. The van der Waals surface area contributed by atoms with Gasteiger partial charge in [-0.25, -0.2) is 11.7 Å². The molecule has 4 N–H and O–H groups in total. The van der Waals surface area contributed by atoms with Crippen LogP contribution >= 0.6 is 0 Å². The molecule has 0 aromatic carbocycles. The summed E-state index contributed by atoms with van der Waals surface area (Å²) in [6.45, 7) is 13.6. The molecule has 17 heteroatoms. The molecule has 0 saturated carbocycles. The Kier molecular flexibility index (Phi) is 9.76. The Balaban J connectivity index is 0.000000267. The van der Waals surface area contributed by atoms with Crippen molar-refractivity contribution in [2.75, 3.05) is 0 Å². The van der Waals surface area contributed by atoms with Gasteiger partial charge in [-0.05, 0) is 24.3 Å². The first kappa shape index (κ1) is 29.0. The number of carbonyl (C=O) groups is 2. The number of aromatic amines is 2. The third-order valence-electron chi connectivity index (χ3n) is 4.18. The molecule has 0 bridgehead atoms. The van der Waals surface area contributed by atoms with E-state index in [9.17, 15) is 19.8 Å². The van der Waals surface area contributed by atoms with E-state index in [4.69, 9.17) is 23.7 Å². The summed E-state index contributed by atoms with van der Waals surface area (Å²) >= 11 is 0. The van der Waals surface area contributed by atoms with Crippen LogP contribution in [-0.4, -0.2) is 43.2 Å². The van der Waals surface area contributed by atoms with E-state index in [1.54, 1.807) is 12.1 Å². The summed E-state index contributed by atoms with van der Waals surface area (Å²) in [6.07, 6.45) is 7.04. The van der Waals surface area contributed by atoms with Crippen molar-refractivity contribution in [1.82, 2.24) is 19.9 Å². The monoisotopic (exact) mass is 565 g/mol. The Morgan fingerprint density at radius 1 is 0.795 bits per heavy atom. The number of nitrogens with zero attached hydrogens (tertiary/aromatic N) is 10. The molecular weight excluding hydrogens is 555 g/mol. The van der Waals surface area contributed by atoms with Crippen LogP contribution in [-0.2, 0) is 26.4 Å². The van der Waals surface area contributed by atoms with Gasteiger partial charge in [-0.2, -0.15) is 10.5 Å². The smallest absolute Gasteiger partial charge is 0.560 e. The number of allylic oxidation sites excluding steroid dienone is 6. The molecule has 1 radical (unpaired) electrons. The fourth-order valence-corrected chi connectivity index (χ4v) is 2.49. The molecule has 2 aliphatic carbocycles. The quantitative estimate of drug-likeness (QED) is 0.226. The fraction of sp³-hybridized carbons (Fsp3) is 0. The summed E-state index contributed by atoms with van der Waals surface area (Å²) in [5, 5.41) is 50.9. The normalized spacial score (nSPS) is 16.7. The molecule has 0 fully saturated rings. The number of aliphatic hydroxyl groups excluding tert-OH is 2. The Labute approximate surface area is 227 Å². The van der Waals surface area contributed by atoms with Crippen molar-refractivity contribution in [3.63, 3.8) is 0 Å². The van der Waals surface area contributed by atoms with Crippen LogP contribution in [0.1, 0.15) is 11.4 Å². The SMILES string of the molecule is N#Cc1[n-]/c(=N\N=C2/C=CC(=O)C=C2O)[nH]c1C#N.[C-]#[N+]c1[n-]/c(=N\N=C2/C=CC(=O)C=C2O)[nH]c1[N+]#[C-].[Co+2]. The summed E-state index contributed by atoms with van der Waals surface area (Å²) in [5.74, 6) is -1.44. The van der Waals surface area contributed by atoms with Crippen LogP contribution in [0.15, 0.2) is 68.4 Å². The zero-order valence-electron chi connectivity index (χ0n) is 19.0. The average Bonchev–Trinajstić information content (AvgIpc) is 3.51. The molecular formula is C22H10CoN12O4. The molecule has 191 valence electrons. The van der Waals surface area contributed by atoms with Gasteiger partial charge in [0.25, 0.3) is 0 Å². The molecule has 2 heterocycles. The third kappa shape index (κ3) is 7.36. The van der Waals surface area contributed by atoms with Gasteiger partial charge in [-0.3, -0.25) is 24.7 Å². The molecule has 0 spiro atoms. The number of imidazole rings is 2. The molecule has 39 heavy (non-hydrogen) atoms. The number of H-pyrrole nitrogens is 2. The Bertz CT molecular complexity index is 1620. The predicted molar refractivity (Wildman–Crippen MR) is 126 cm³/mol. The van der Waals surface area contributed by atoms with Gasteiger partial charge in [0, 0.05) is 17.8 Å². The van der Waals surface area contributed by atoms with Crippen LogP contribution in [0.5, 0.6) is 0 Å². The first-order valence-corrected chi connectivity index (χ1v) is 9.86. The molecule has 0 aliphatic heterocycles. The minimum absolute atomic E-state index is 0. The molecule has 4 rings (SSSR count). The number of hydrogen-bond acceptors (Lipinski definition) is 10. The van der Waals surface area contributed by atoms with E-state index in [1.807, 2.05) is 0 Å². The van der Waals surface area contributed by atoms with Gasteiger partial charge in [-0.15, -0.1) is 5.10 Å². The number of aliphatic hydroxyl groups is 2. The number of nitrogens with one attached hydrogen (secondary N) is 2. The number of carbonyl (C=O) groups excluding carboxylic acids is 2. The minimum Gasteiger partial charge on any atom is -0.560 e. The van der Waals surface area contributed by atoms with Gasteiger partial charge in [0.15, 0.2) is 11.6 Å². The number of nitriles is 2. The fourth-order valence-electron chi connectivity index (χ4n) is 2.49. The average molecular weight is 565 g/mol. The molecule has 2 aliphatic rings. The van der Waals surface area contributed by atoms with Crippen molar-refractivity contribution in [3.05, 3.63) is 93.4 Å². The topological polar surface area (TPSA) is 240 Å². The van der Waals surface area contributed by atoms with Crippen molar-refractivity contribution in [3.8, 4) is 12.1 Å². The van der Waals surface area contributed by atoms with Gasteiger partial charge in [-0.1, -0.05) is 11.7 Å². The van der Waals surface area contributed by atoms with E-state index >= 15 is 0 Å². The van der Waals surface area contributed by atoms with E-state index < -0.39 is 0 Å². The van der Waals surface area contributed by atoms with Gasteiger partial charge < -0.3 is 29.9 Å². The summed E-state index contributed by atoms with van der Waals surface area (Å²) < 4.78 is 0. The number of ketones is 2. The van der Waals surface area contributed by atoms with E-state index in [0.717, 1.165) is 12.2 Å². The second-order valence-electron chi connectivity index (χ2n) is 6.66. The summed E-state index contributed by atoms with van der Waals surface area (Å²) in [6, 6.07) is 3.48. The van der Waals surface area contributed by atoms with Gasteiger partial charge in [0.1, 0.15) is 35.1 Å². The molecule has 16 nitrogen and oxygen atoms in total. The van der Waals surface area contributed by atoms with E-state index in [0.29, 0.717) is 0 Å². The Morgan fingerprint density at radius 3 is 1.72 bits per heavy atom. The molecule has 0 amide bonds. The molecule has 2 aromatic rings. The van der Waals surface area contributed by atoms with E-state index in [1.165, 1.54) is 24.3 Å². The maximum Gasteiger partial charge on any atom is 2.00 e. The third-order valence-corrected chi connectivity index (χ3v) is 4.18. The number of rotatable bonds is 2. The largest absolute Gasteiger partial charge is 2.00 e. The van der Waals surface area contributed by atoms with Crippen molar-refractivity contribution in [1.29, 1.82) is 10.5 Å². The molecule has 0 saturated heterocycles. The van der Waals surface area contributed by atoms with Crippen LogP contribution in [0.2, 0.25) is 0 Å². The van der Waals surface area contributed by atoms with Crippen molar-refractivity contribution in [2.45, 2.75) is 0 Å². The van der Waals surface area contributed by atoms with Crippen LogP contribution in [0, 0.1) is 35.8 Å². The maximum atomic E-state index is 10.9. The van der Waals surface area contributed by atoms with Crippen molar-refractivity contribution < 1.29 is 36.6 Å². The van der Waals surface area contributed by atoms with Crippen LogP contribution in [0.25, 0.3) is 9.69 Å². The zero-order valence-corrected chi connectivity index (χ0v) is 20.0. The van der Waals surface area contributed by atoms with E-state index in [-0.39, 0.29) is 85.5 Å². The second-order valence-corrected chi connectivity index (χ2v) is 6.66. The summed E-state index contributed by atoms with van der Waals surface area (Å²) in [4.78, 5) is 40.4. The van der Waals surface area contributed by atoms with Gasteiger partial charge in [0.05, 0.1) is 17.2 Å². The molecule has 0 atom stereocenters. The van der Waals surface area contributed by atoms with Crippen LogP contribution in [0.4, 0.5) is 11.6 Å². The van der Waals surface area contributed by atoms with Gasteiger partial charge in [0.2, 0.25) is 5.82 Å². The number of hydrogen-bond donors (Lipinski definition) is 4.